The van der Waals surface area contributed by atoms with Crippen molar-refractivity contribution in [3.05, 3.63) is 34.9 Å². The predicted molar refractivity (Wildman–Crippen MR) is 50.8 cm³/mol. The van der Waals surface area contributed by atoms with Gasteiger partial charge >= 0.3 is 5.97 Å². The molecule has 3 nitrogen and oxygen atoms in total. The second-order valence-corrected chi connectivity index (χ2v) is 4.03. The van der Waals surface area contributed by atoms with Crippen molar-refractivity contribution in [1.29, 1.82) is 0 Å². The number of carboxylic acids is 1. The summed E-state index contributed by atoms with van der Waals surface area (Å²) < 4.78 is 25.9. The lowest BCUT2D eigenvalue weighted by Gasteiger charge is -2.21. The highest BCUT2D eigenvalue weighted by Gasteiger charge is 2.39. The van der Waals surface area contributed by atoms with Gasteiger partial charge in [-0.25, -0.2) is 8.78 Å². The lowest BCUT2D eigenvalue weighted by atomic mass is 9.92. The molecule has 0 amide bonds. The number of aryl methyl sites for hydroxylation is 1. The molecule has 0 aromatic heterocycles. The first kappa shape index (κ1) is 11.0. The Morgan fingerprint density at radius 1 is 1.38 bits per heavy atom. The predicted octanol–water partition coefficient (Wildman–Crippen LogP) is 1.57. The molecule has 0 aliphatic heterocycles. The number of carboxylic acid groups (broad SMARTS) is 1. The first-order chi connectivity index (χ1) is 7.42. The van der Waals surface area contributed by atoms with Crippen molar-refractivity contribution in [2.24, 2.45) is 0 Å². The van der Waals surface area contributed by atoms with Gasteiger partial charge in [-0.2, -0.15) is 0 Å². The van der Waals surface area contributed by atoms with Crippen LogP contribution in [0, 0.1) is 11.6 Å². The molecule has 86 valence electrons. The lowest BCUT2D eigenvalue weighted by molar-refractivity contribution is -0.142. The van der Waals surface area contributed by atoms with Gasteiger partial charge in [0.25, 0.3) is 0 Å². The van der Waals surface area contributed by atoms with Crippen LogP contribution in [-0.4, -0.2) is 16.2 Å². The summed E-state index contributed by atoms with van der Waals surface area (Å²) in [6, 6.07) is 1.91. The Hall–Kier alpha value is -1.49. The van der Waals surface area contributed by atoms with Crippen molar-refractivity contribution in [2.45, 2.75) is 24.9 Å². The summed E-state index contributed by atoms with van der Waals surface area (Å²) in [7, 11) is 0. The molecule has 2 rings (SSSR count). The first-order valence-electron chi connectivity index (χ1n) is 4.85. The lowest BCUT2D eigenvalue weighted by Crippen LogP contribution is -2.26. The number of carbonyl (C=O) groups is 1. The van der Waals surface area contributed by atoms with Gasteiger partial charge in [0.05, 0.1) is 6.42 Å². The standard InChI is InChI=1S/C11H10F2O3/c12-8-3-6-1-2-11(16,5-10(14)15)7(6)4-9(8)13/h3-4,16H,1-2,5H2,(H,14,15). The molecule has 1 atom stereocenters. The van der Waals surface area contributed by atoms with Crippen LogP contribution in [0.3, 0.4) is 0 Å². The number of aliphatic carboxylic acids is 1. The Bertz CT molecular complexity index is 459. The molecule has 0 saturated carbocycles. The van der Waals surface area contributed by atoms with Gasteiger partial charge in [0.2, 0.25) is 0 Å². The van der Waals surface area contributed by atoms with Crippen molar-refractivity contribution in [1.82, 2.24) is 0 Å². The Morgan fingerprint density at radius 2 is 2.00 bits per heavy atom. The Morgan fingerprint density at radius 3 is 2.62 bits per heavy atom. The third-order valence-electron chi connectivity index (χ3n) is 2.90. The van der Waals surface area contributed by atoms with Crippen LogP contribution in [-0.2, 0) is 16.8 Å². The first-order valence-corrected chi connectivity index (χ1v) is 4.85. The van der Waals surface area contributed by atoms with E-state index in [0.717, 1.165) is 12.1 Å². The average Bonchev–Trinajstić information content (AvgIpc) is 2.45. The Labute approximate surface area is 90.3 Å². The summed E-state index contributed by atoms with van der Waals surface area (Å²) in [5, 5.41) is 18.7. The molecule has 0 fully saturated rings. The zero-order valence-electron chi connectivity index (χ0n) is 8.33. The van der Waals surface area contributed by atoms with Crippen LogP contribution >= 0.6 is 0 Å². The van der Waals surface area contributed by atoms with Gasteiger partial charge < -0.3 is 10.2 Å². The van der Waals surface area contributed by atoms with Crippen molar-refractivity contribution < 1.29 is 23.8 Å². The number of hydrogen-bond donors (Lipinski definition) is 2. The molecule has 0 bridgehead atoms. The Balaban J connectivity index is 2.46. The van der Waals surface area contributed by atoms with E-state index < -0.39 is 29.6 Å². The van der Waals surface area contributed by atoms with E-state index >= 15 is 0 Å². The van der Waals surface area contributed by atoms with Crippen LogP contribution in [0.4, 0.5) is 8.78 Å². The van der Waals surface area contributed by atoms with Gasteiger partial charge in [0.1, 0.15) is 5.60 Å². The molecule has 1 aliphatic carbocycles. The summed E-state index contributed by atoms with van der Waals surface area (Å²) in [5.74, 6) is -3.21. The molecule has 0 radical (unpaired) electrons. The third-order valence-corrected chi connectivity index (χ3v) is 2.90. The minimum Gasteiger partial charge on any atom is -0.481 e. The second-order valence-electron chi connectivity index (χ2n) is 4.03. The van der Waals surface area contributed by atoms with Crippen molar-refractivity contribution in [3.63, 3.8) is 0 Å². The largest absolute Gasteiger partial charge is 0.481 e. The SMILES string of the molecule is O=C(O)CC1(O)CCc2cc(F)c(F)cc21. The molecule has 5 heteroatoms. The number of benzene rings is 1. The molecular weight excluding hydrogens is 218 g/mol. The van der Waals surface area contributed by atoms with E-state index in [1.807, 2.05) is 0 Å². The van der Waals surface area contributed by atoms with E-state index in [4.69, 9.17) is 5.11 Å². The summed E-state index contributed by atoms with van der Waals surface area (Å²) in [5.41, 5.74) is -0.910. The molecule has 0 spiro atoms. The van der Waals surface area contributed by atoms with Gasteiger partial charge in [-0.05, 0) is 36.1 Å². The molecule has 1 unspecified atom stereocenters. The van der Waals surface area contributed by atoms with Gasteiger partial charge in [-0.3, -0.25) is 4.79 Å². The van der Waals surface area contributed by atoms with E-state index in [9.17, 15) is 18.7 Å². The van der Waals surface area contributed by atoms with Crippen LogP contribution in [0.15, 0.2) is 12.1 Å². The van der Waals surface area contributed by atoms with Crippen LogP contribution in [0.1, 0.15) is 24.0 Å². The maximum atomic E-state index is 13.0. The monoisotopic (exact) mass is 228 g/mol. The number of aliphatic hydroxyl groups is 1. The van der Waals surface area contributed by atoms with Gasteiger partial charge in [-0.1, -0.05) is 0 Å². The fourth-order valence-electron chi connectivity index (χ4n) is 2.14. The Kier molecular flexibility index (Phi) is 2.42. The summed E-state index contributed by atoms with van der Waals surface area (Å²) in [4.78, 5) is 10.6. The highest BCUT2D eigenvalue weighted by atomic mass is 19.2. The van der Waals surface area contributed by atoms with Crippen LogP contribution < -0.4 is 0 Å². The molecule has 1 aromatic rings. The van der Waals surface area contributed by atoms with Crippen molar-refractivity contribution in [2.75, 3.05) is 0 Å². The summed E-state index contributed by atoms with van der Waals surface area (Å²) in [6.45, 7) is 0. The molecule has 0 heterocycles. The molecule has 0 saturated heterocycles. The summed E-state index contributed by atoms with van der Waals surface area (Å²) >= 11 is 0. The van der Waals surface area contributed by atoms with Gasteiger partial charge in [0.15, 0.2) is 11.6 Å². The van der Waals surface area contributed by atoms with E-state index in [2.05, 4.69) is 0 Å². The minimum atomic E-state index is -1.57. The van der Waals surface area contributed by atoms with Crippen LogP contribution in [0.25, 0.3) is 0 Å². The van der Waals surface area contributed by atoms with Crippen LogP contribution in [0.2, 0.25) is 0 Å². The smallest absolute Gasteiger partial charge is 0.306 e. The van der Waals surface area contributed by atoms with E-state index in [-0.39, 0.29) is 12.0 Å². The normalized spacial score (nSPS) is 23.2. The fourth-order valence-corrected chi connectivity index (χ4v) is 2.14. The van der Waals surface area contributed by atoms with Crippen molar-refractivity contribution >= 4 is 5.97 Å². The maximum Gasteiger partial charge on any atom is 0.306 e. The maximum absolute atomic E-state index is 13.0. The van der Waals surface area contributed by atoms with E-state index in [1.54, 1.807) is 0 Å². The van der Waals surface area contributed by atoms with Gasteiger partial charge in [-0.15, -0.1) is 0 Å². The number of rotatable bonds is 2. The molecular formula is C11H10F2O3. The number of halogens is 2. The minimum absolute atomic E-state index is 0.178. The van der Waals surface area contributed by atoms with E-state index in [0.29, 0.717) is 12.0 Å². The molecule has 1 aliphatic rings. The molecule has 1 aromatic carbocycles. The fraction of sp³-hybridized carbons (Fsp3) is 0.364. The quantitative estimate of drug-likeness (QED) is 0.807. The third kappa shape index (κ3) is 1.67. The zero-order valence-corrected chi connectivity index (χ0v) is 8.33. The van der Waals surface area contributed by atoms with E-state index in [1.165, 1.54) is 0 Å². The van der Waals surface area contributed by atoms with Gasteiger partial charge in [0, 0.05) is 0 Å². The number of fused-ring (bicyclic) bond motifs is 1. The molecule has 16 heavy (non-hydrogen) atoms. The summed E-state index contributed by atoms with van der Waals surface area (Å²) in [6.07, 6.45) is 0.0406. The van der Waals surface area contributed by atoms with Crippen molar-refractivity contribution in [3.8, 4) is 0 Å². The number of hydrogen-bond acceptors (Lipinski definition) is 2. The highest BCUT2D eigenvalue weighted by molar-refractivity contribution is 5.69. The van der Waals surface area contributed by atoms with Crippen LogP contribution in [0.5, 0.6) is 0 Å². The zero-order chi connectivity index (χ0) is 11.9. The average molecular weight is 228 g/mol. The highest BCUT2D eigenvalue weighted by Crippen LogP contribution is 2.40. The molecule has 2 N–H and O–H groups in total. The topological polar surface area (TPSA) is 57.5 Å². The second kappa shape index (κ2) is 3.52.